The first kappa shape index (κ1) is 25.5. The monoisotopic (exact) mass is 499 g/mol. The van der Waals surface area contributed by atoms with Crippen LogP contribution in [0.5, 0.6) is 0 Å². The molecule has 7 nitrogen and oxygen atoms in total. The maximum atomic E-state index is 15.1. The number of hydrogen-bond acceptors (Lipinski definition) is 5. The molecule has 1 saturated carbocycles. The van der Waals surface area contributed by atoms with Gasteiger partial charge in [0.2, 0.25) is 5.91 Å². The number of alkyl halides is 4. The van der Waals surface area contributed by atoms with E-state index in [1.807, 2.05) is 11.0 Å². The maximum Gasteiger partial charge on any atom is 0.392 e. The Morgan fingerprint density at radius 1 is 1.26 bits per heavy atom. The summed E-state index contributed by atoms with van der Waals surface area (Å²) in [5.41, 5.74) is -2.00. The molecule has 1 saturated heterocycles. The smallest absolute Gasteiger partial charge is 0.375 e. The molecule has 194 valence electrons. The number of carbonyl (C=O) groups is 2. The summed E-state index contributed by atoms with van der Waals surface area (Å²) < 4.78 is 53.7. The highest BCUT2D eigenvalue weighted by atomic mass is 19.4. The minimum absolute atomic E-state index is 0.113. The Hall–Kier alpha value is -2.59. The first-order chi connectivity index (χ1) is 16.5. The number of hydrogen-bond donors (Lipinski definition) is 3. The van der Waals surface area contributed by atoms with Crippen LogP contribution < -0.4 is 16.0 Å². The number of aliphatic imine (C=N–C) groups is 1. The molecule has 2 unspecified atom stereocenters. The average molecular weight is 500 g/mol. The van der Waals surface area contributed by atoms with Crippen LogP contribution in [0.15, 0.2) is 28.5 Å². The van der Waals surface area contributed by atoms with Crippen LogP contribution in [-0.2, 0) is 9.59 Å². The number of halogens is 4. The number of carbonyl (C=O) groups excluding carboxylic acids is 2. The van der Waals surface area contributed by atoms with Crippen molar-refractivity contribution < 1.29 is 27.2 Å². The second kappa shape index (κ2) is 9.81. The van der Waals surface area contributed by atoms with Crippen molar-refractivity contribution >= 4 is 18.2 Å². The lowest BCUT2D eigenvalue weighted by atomic mass is 9.80. The minimum atomic E-state index is -4.53. The molecule has 2 aliphatic carbocycles. The zero-order chi connectivity index (χ0) is 25.3. The van der Waals surface area contributed by atoms with E-state index in [-0.39, 0.29) is 43.0 Å². The first-order valence-corrected chi connectivity index (χ1v) is 12.2. The molecule has 11 heteroatoms. The molecule has 3 N–H and O–H groups in total. The SMILES string of the molecule is CC1C=C(N2CCC(CNC(=O)C3(NC(=O)C4=CNC=NC4)CC3)CC2)CC(F)(CC(F)(F)F)C1. The molecule has 2 atom stereocenters. The van der Waals surface area contributed by atoms with Crippen LogP contribution in [0.3, 0.4) is 0 Å². The van der Waals surface area contributed by atoms with Crippen molar-refractivity contribution in [3.05, 3.63) is 23.5 Å². The number of nitrogens with one attached hydrogen (secondary N) is 3. The molecular weight excluding hydrogens is 466 g/mol. The summed E-state index contributed by atoms with van der Waals surface area (Å²) in [4.78, 5) is 31.2. The Morgan fingerprint density at radius 2 is 1.97 bits per heavy atom. The Labute approximate surface area is 202 Å². The topological polar surface area (TPSA) is 85.8 Å². The number of amides is 2. The van der Waals surface area contributed by atoms with Crippen molar-refractivity contribution in [1.82, 2.24) is 20.9 Å². The van der Waals surface area contributed by atoms with Crippen molar-refractivity contribution in [1.29, 1.82) is 0 Å². The molecule has 0 aromatic heterocycles. The summed E-state index contributed by atoms with van der Waals surface area (Å²) in [6.45, 7) is 3.72. The van der Waals surface area contributed by atoms with E-state index in [0.29, 0.717) is 43.7 Å². The molecule has 0 aromatic carbocycles. The molecule has 0 radical (unpaired) electrons. The lowest BCUT2D eigenvalue weighted by Gasteiger charge is -2.41. The second-order valence-corrected chi connectivity index (χ2v) is 10.4. The number of rotatable bonds is 7. The van der Waals surface area contributed by atoms with Crippen LogP contribution in [0.1, 0.15) is 51.9 Å². The van der Waals surface area contributed by atoms with Gasteiger partial charge in [0.05, 0.1) is 24.9 Å². The highest BCUT2D eigenvalue weighted by Crippen LogP contribution is 2.43. The fourth-order valence-electron chi connectivity index (χ4n) is 5.31. The number of nitrogens with zero attached hydrogens (tertiary/aromatic N) is 2. The van der Waals surface area contributed by atoms with Crippen molar-refractivity contribution in [2.45, 2.75) is 69.3 Å². The number of allylic oxidation sites excluding steroid dienone is 2. The van der Waals surface area contributed by atoms with Gasteiger partial charge in [-0.05, 0) is 43.9 Å². The van der Waals surface area contributed by atoms with Crippen LogP contribution in [-0.4, -0.2) is 66.6 Å². The van der Waals surface area contributed by atoms with Crippen molar-refractivity contribution in [2.75, 3.05) is 26.2 Å². The van der Waals surface area contributed by atoms with Gasteiger partial charge in [0.15, 0.2) is 0 Å². The van der Waals surface area contributed by atoms with Gasteiger partial charge in [0, 0.05) is 38.0 Å². The quantitative estimate of drug-likeness (QED) is 0.471. The van der Waals surface area contributed by atoms with E-state index in [4.69, 9.17) is 0 Å². The molecule has 2 heterocycles. The molecule has 0 spiro atoms. The third-order valence-electron chi connectivity index (χ3n) is 7.27. The predicted molar refractivity (Wildman–Crippen MR) is 123 cm³/mol. The molecule has 0 aromatic rings. The molecule has 0 bridgehead atoms. The molecule has 2 amide bonds. The number of piperidine rings is 1. The summed E-state index contributed by atoms with van der Waals surface area (Å²) in [5.74, 6) is -0.535. The van der Waals surface area contributed by atoms with E-state index in [1.165, 1.54) is 6.34 Å². The molecule has 4 aliphatic rings. The van der Waals surface area contributed by atoms with Gasteiger partial charge in [-0.2, -0.15) is 13.2 Å². The zero-order valence-corrected chi connectivity index (χ0v) is 19.9. The van der Waals surface area contributed by atoms with Crippen LogP contribution in [0, 0.1) is 11.8 Å². The van der Waals surface area contributed by atoms with Gasteiger partial charge in [-0.15, -0.1) is 0 Å². The van der Waals surface area contributed by atoms with Crippen molar-refractivity contribution in [2.24, 2.45) is 16.8 Å². The second-order valence-electron chi connectivity index (χ2n) is 10.4. The van der Waals surface area contributed by atoms with E-state index < -0.39 is 23.8 Å². The maximum absolute atomic E-state index is 15.1. The zero-order valence-electron chi connectivity index (χ0n) is 19.9. The Bertz CT molecular complexity index is 919. The minimum Gasteiger partial charge on any atom is -0.375 e. The largest absolute Gasteiger partial charge is 0.392 e. The fourth-order valence-corrected chi connectivity index (χ4v) is 5.31. The van der Waals surface area contributed by atoms with Crippen LogP contribution in [0.2, 0.25) is 0 Å². The van der Waals surface area contributed by atoms with Gasteiger partial charge in [-0.1, -0.05) is 13.0 Å². The Balaban J connectivity index is 1.23. The van der Waals surface area contributed by atoms with E-state index >= 15 is 4.39 Å². The Morgan fingerprint density at radius 3 is 2.57 bits per heavy atom. The molecule has 35 heavy (non-hydrogen) atoms. The molecule has 2 aliphatic heterocycles. The van der Waals surface area contributed by atoms with Gasteiger partial charge >= 0.3 is 6.18 Å². The van der Waals surface area contributed by atoms with E-state index in [2.05, 4.69) is 20.9 Å². The third-order valence-corrected chi connectivity index (χ3v) is 7.27. The number of likely N-dealkylation sites (tertiary alicyclic amines) is 1. The predicted octanol–water partition coefficient (Wildman–Crippen LogP) is 2.95. The third kappa shape index (κ3) is 6.55. The van der Waals surface area contributed by atoms with Crippen LogP contribution in [0.25, 0.3) is 0 Å². The summed E-state index contributed by atoms with van der Waals surface area (Å²) >= 11 is 0. The van der Waals surface area contributed by atoms with Gasteiger partial charge in [0.1, 0.15) is 11.2 Å². The van der Waals surface area contributed by atoms with Gasteiger partial charge in [-0.25, -0.2) is 4.39 Å². The van der Waals surface area contributed by atoms with E-state index in [1.54, 1.807) is 13.1 Å². The van der Waals surface area contributed by atoms with Crippen LogP contribution in [0.4, 0.5) is 17.6 Å². The van der Waals surface area contributed by atoms with E-state index in [0.717, 1.165) is 12.8 Å². The van der Waals surface area contributed by atoms with Crippen molar-refractivity contribution in [3.8, 4) is 0 Å². The highest BCUT2D eigenvalue weighted by Gasteiger charge is 2.51. The summed E-state index contributed by atoms with van der Waals surface area (Å²) in [7, 11) is 0. The molecular formula is C24H33F4N5O2. The van der Waals surface area contributed by atoms with Crippen molar-refractivity contribution in [3.63, 3.8) is 0 Å². The first-order valence-electron chi connectivity index (χ1n) is 12.2. The standard InChI is InChI=1S/C24H33F4N5O2/c1-16-8-19(10-22(25,9-16)14-24(26,27)28)33-6-2-17(3-7-33)11-31-21(35)23(4-5-23)32-20(34)18-12-29-15-30-13-18/h8,12,15-17H,2-7,9-11,13-14H2,1H3,(H,29,30)(H,31,35)(H,32,34). The summed E-state index contributed by atoms with van der Waals surface area (Å²) in [6.07, 6.45) is 1.38. The molecule has 4 rings (SSSR count). The van der Waals surface area contributed by atoms with Crippen LogP contribution >= 0.6 is 0 Å². The summed E-state index contributed by atoms with van der Waals surface area (Å²) in [5, 5.41) is 8.57. The lowest BCUT2D eigenvalue weighted by molar-refractivity contribution is -0.165. The van der Waals surface area contributed by atoms with E-state index in [9.17, 15) is 22.8 Å². The Kier molecular flexibility index (Phi) is 7.15. The summed E-state index contributed by atoms with van der Waals surface area (Å²) in [6, 6.07) is 0. The molecule has 2 fully saturated rings. The normalized spacial score (nSPS) is 28.5. The van der Waals surface area contributed by atoms with Gasteiger partial charge < -0.3 is 20.9 Å². The lowest BCUT2D eigenvalue weighted by Crippen LogP contribution is -2.51. The van der Waals surface area contributed by atoms with Gasteiger partial charge in [0.25, 0.3) is 5.91 Å². The van der Waals surface area contributed by atoms with Gasteiger partial charge in [-0.3, -0.25) is 14.6 Å². The average Bonchev–Trinajstić information content (AvgIpc) is 3.57. The fraction of sp³-hybridized carbons (Fsp3) is 0.708. The highest BCUT2D eigenvalue weighted by molar-refractivity contribution is 6.00.